The number of halogens is 2. The third kappa shape index (κ3) is 4.69. The molecular weight excluding hydrogens is 461 g/mol. The minimum atomic E-state index is -0.605. The number of rotatable bonds is 6. The van der Waals surface area contributed by atoms with Gasteiger partial charge in [-0.2, -0.15) is 14.9 Å². The number of benzene rings is 2. The van der Waals surface area contributed by atoms with E-state index in [9.17, 15) is 14.0 Å². The topological polar surface area (TPSA) is 91.0 Å². The van der Waals surface area contributed by atoms with Crippen LogP contribution in [0.15, 0.2) is 65.7 Å². The summed E-state index contributed by atoms with van der Waals surface area (Å²) in [6, 6.07) is 12.1. The van der Waals surface area contributed by atoms with Gasteiger partial charge in [0, 0.05) is 17.6 Å². The zero-order valence-corrected chi connectivity index (χ0v) is 19.4. The molecule has 174 valence electrons. The number of hydrogen-bond acceptors (Lipinski definition) is 5. The largest absolute Gasteiger partial charge is 0.494 e. The molecule has 1 N–H and O–H groups in total. The molecule has 1 atom stereocenters. The van der Waals surface area contributed by atoms with E-state index in [1.54, 1.807) is 50.5 Å². The van der Waals surface area contributed by atoms with Gasteiger partial charge in [0.15, 0.2) is 11.6 Å². The second-order valence-corrected chi connectivity index (χ2v) is 8.06. The molecule has 0 aliphatic rings. The molecule has 0 aliphatic heterocycles. The standard InChI is InChI=1S/C24H21ClFN5O3/c1-14(16-6-9-20(26)22(10-16)34-3)28-23(32)19-11-21(15-4-7-17(25)8-5-15)29-31(24(19)33)18-12-27-30(2)13-18/h4-14H,1-3H3,(H,28,32). The Kier molecular flexibility index (Phi) is 6.47. The van der Waals surface area contributed by atoms with Crippen molar-refractivity contribution in [3.8, 4) is 22.7 Å². The fourth-order valence-electron chi connectivity index (χ4n) is 3.42. The van der Waals surface area contributed by atoms with Crippen LogP contribution in [-0.4, -0.2) is 32.6 Å². The van der Waals surface area contributed by atoms with Crippen molar-refractivity contribution in [1.29, 1.82) is 0 Å². The third-order valence-electron chi connectivity index (χ3n) is 5.25. The van der Waals surface area contributed by atoms with Gasteiger partial charge in [0.1, 0.15) is 11.3 Å². The molecule has 8 nitrogen and oxygen atoms in total. The van der Waals surface area contributed by atoms with Gasteiger partial charge in [-0.3, -0.25) is 14.3 Å². The summed E-state index contributed by atoms with van der Waals surface area (Å²) in [6.07, 6.45) is 3.10. The van der Waals surface area contributed by atoms with Crippen LogP contribution in [0, 0.1) is 5.82 Å². The number of carbonyl (C=O) groups excluding carboxylic acids is 1. The average molecular weight is 482 g/mol. The minimum absolute atomic E-state index is 0.0615. The van der Waals surface area contributed by atoms with Gasteiger partial charge in [0.05, 0.1) is 31.2 Å². The predicted molar refractivity (Wildman–Crippen MR) is 126 cm³/mol. The summed E-state index contributed by atoms with van der Waals surface area (Å²) in [7, 11) is 3.07. The Bertz CT molecular complexity index is 1420. The van der Waals surface area contributed by atoms with Crippen LogP contribution < -0.4 is 15.6 Å². The number of nitrogens with one attached hydrogen (secondary N) is 1. The van der Waals surface area contributed by atoms with E-state index in [1.165, 1.54) is 36.2 Å². The first-order valence-corrected chi connectivity index (χ1v) is 10.7. The molecule has 0 radical (unpaired) electrons. The van der Waals surface area contributed by atoms with E-state index in [1.807, 2.05) is 0 Å². The van der Waals surface area contributed by atoms with E-state index in [-0.39, 0.29) is 11.3 Å². The Morgan fingerprint density at radius 3 is 2.56 bits per heavy atom. The molecule has 0 bridgehead atoms. The van der Waals surface area contributed by atoms with Crippen LogP contribution in [0.3, 0.4) is 0 Å². The van der Waals surface area contributed by atoms with Crippen molar-refractivity contribution < 1.29 is 13.9 Å². The maximum Gasteiger partial charge on any atom is 0.284 e. The maximum atomic E-state index is 13.8. The van der Waals surface area contributed by atoms with Gasteiger partial charge in [-0.1, -0.05) is 29.8 Å². The Morgan fingerprint density at radius 2 is 1.91 bits per heavy atom. The molecule has 0 spiro atoms. The van der Waals surface area contributed by atoms with Gasteiger partial charge >= 0.3 is 0 Å². The number of nitrogens with zero attached hydrogens (tertiary/aromatic N) is 4. The van der Waals surface area contributed by atoms with Gasteiger partial charge in [-0.15, -0.1) is 0 Å². The second-order valence-electron chi connectivity index (χ2n) is 7.63. The number of carbonyl (C=O) groups is 1. The van der Waals surface area contributed by atoms with Crippen LogP contribution >= 0.6 is 11.6 Å². The summed E-state index contributed by atoms with van der Waals surface area (Å²) in [5, 5.41) is 11.9. The Morgan fingerprint density at radius 1 is 1.18 bits per heavy atom. The quantitative estimate of drug-likeness (QED) is 0.450. The molecular formula is C24H21ClFN5O3. The second kappa shape index (κ2) is 9.48. The molecule has 34 heavy (non-hydrogen) atoms. The average Bonchev–Trinajstić information content (AvgIpc) is 3.26. The highest BCUT2D eigenvalue weighted by Crippen LogP contribution is 2.23. The Hall–Kier alpha value is -3.98. The fourth-order valence-corrected chi connectivity index (χ4v) is 3.54. The first kappa shape index (κ1) is 23.2. The van der Waals surface area contributed by atoms with E-state index in [2.05, 4.69) is 15.5 Å². The van der Waals surface area contributed by atoms with Crippen LogP contribution in [0.5, 0.6) is 5.75 Å². The zero-order chi connectivity index (χ0) is 24.4. The lowest BCUT2D eigenvalue weighted by Gasteiger charge is -2.16. The summed E-state index contributed by atoms with van der Waals surface area (Å²) in [5.41, 5.74) is 1.39. The molecule has 0 saturated heterocycles. The van der Waals surface area contributed by atoms with Gasteiger partial charge in [0.25, 0.3) is 11.5 Å². The Balaban J connectivity index is 1.75. The summed E-state index contributed by atoms with van der Waals surface area (Å²) in [6.45, 7) is 1.73. The smallest absolute Gasteiger partial charge is 0.284 e. The molecule has 4 aromatic rings. The van der Waals surface area contributed by atoms with E-state index in [0.717, 1.165) is 4.68 Å². The number of aromatic nitrogens is 4. The monoisotopic (exact) mass is 481 g/mol. The van der Waals surface area contributed by atoms with Crippen molar-refractivity contribution >= 4 is 17.5 Å². The van der Waals surface area contributed by atoms with E-state index in [0.29, 0.717) is 27.5 Å². The van der Waals surface area contributed by atoms with Gasteiger partial charge in [-0.05, 0) is 42.8 Å². The maximum absolute atomic E-state index is 13.8. The molecule has 10 heteroatoms. The molecule has 1 unspecified atom stereocenters. The van der Waals surface area contributed by atoms with E-state index >= 15 is 0 Å². The molecule has 0 saturated carbocycles. The third-order valence-corrected chi connectivity index (χ3v) is 5.51. The van der Waals surface area contributed by atoms with Crippen LogP contribution in [0.2, 0.25) is 5.02 Å². The number of hydrogen-bond donors (Lipinski definition) is 1. The molecule has 1 amide bonds. The summed E-state index contributed by atoms with van der Waals surface area (Å²) in [4.78, 5) is 26.4. The molecule has 0 aliphatic carbocycles. The lowest BCUT2D eigenvalue weighted by atomic mass is 10.1. The van der Waals surface area contributed by atoms with Crippen LogP contribution in [0.4, 0.5) is 4.39 Å². The minimum Gasteiger partial charge on any atom is -0.494 e. The highest BCUT2D eigenvalue weighted by molar-refractivity contribution is 6.30. The highest BCUT2D eigenvalue weighted by Gasteiger charge is 2.20. The van der Waals surface area contributed by atoms with Crippen LogP contribution in [-0.2, 0) is 7.05 Å². The SMILES string of the molecule is COc1cc(C(C)NC(=O)c2cc(-c3ccc(Cl)cc3)nn(-c3cnn(C)c3)c2=O)ccc1F. The van der Waals surface area contributed by atoms with E-state index < -0.39 is 23.3 Å². The fraction of sp³-hybridized carbons (Fsp3) is 0.167. The lowest BCUT2D eigenvalue weighted by Crippen LogP contribution is -2.35. The summed E-state index contributed by atoms with van der Waals surface area (Å²) < 4.78 is 21.5. The normalized spacial score (nSPS) is 11.8. The predicted octanol–water partition coefficient (Wildman–Crippen LogP) is 3.93. The first-order chi connectivity index (χ1) is 16.3. The van der Waals surface area contributed by atoms with Crippen molar-refractivity contribution in [2.75, 3.05) is 7.11 Å². The first-order valence-electron chi connectivity index (χ1n) is 10.3. The van der Waals surface area contributed by atoms with Gasteiger partial charge in [0.2, 0.25) is 0 Å². The molecule has 2 aromatic heterocycles. The van der Waals surface area contributed by atoms with Crippen molar-refractivity contribution in [2.24, 2.45) is 7.05 Å². The number of ether oxygens (including phenoxy) is 1. The number of aryl methyl sites for hydroxylation is 1. The van der Waals surface area contributed by atoms with Crippen molar-refractivity contribution in [2.45, 2.75) is 13.0 Å². The highest BCUT2D eigenvalue weighted by atomic mass is 35.5. The van der Waals surface area contributed by atoms with Gasteiger partial charge in [-0.25, -0.2) is 4.39 Å². The van der Waals surface area contributed by atoms with Crippen molar-refractivity contribution in [3.05, 3.63) is 93.2 Å². The van der Waals surface area contributed by atoms with Crippen LogP contribution in [0.1, 0.15) is 28.9 Å². The molecule has 2 heterocycles. The summed E-state index contributed by atoms with van der Waals surface area (Å²) >= 11 is 6.00. The van der Waals surface area contributed by atoms with Gasteiger partial charge < -0.3 is 10.1 Å². The molecule has 4 rings (SSSR count). The zero-order valence-electron chi connectivity index (χ0n) is 18.6. The van der Waals surface area contributed by atoms with Crippen molar-refractivity contribution in [3.63, 3.8) is 0 Å². The summed E-state index contributed by atoms with van der Waals surface area (Å²) in [5.74, 6) is -1.05. The molecule has 0 fully saturated rings. The Labute approximate surface area is 199 Å². The lowest BCUT2D eigenvalue weighted by molar-refractivity contribution is 0.0937. The number of amides is 1. The van der Waals surface area contributed by atoms with E-state index in [4.69, 9.17) is 16.3 Å². The molecule has 2 aromatic carbocycles. The van der Waals surface area contributed by atoms with Crippen molar-refractivity contribution in [1.82, 2.24) is 24.9 Å². The van der Waals surface area contributed by atoms with Crippen LogP contribution in [0.25, 0.3) is 16.9 Å². The number of methoxy groups -OCH3 is 1.